The standard InChI is InChI=1S/C15H29NO2/c1-5-10-16-15(11-14(17)18-6-2)9-7-8-12(3)13(15)4/h12-13,16H,5-11H2,1-4H3. The summed E-state index contributed by atoms with van der Waals surface area (Å²) >= 11 is 0. The molecule has 0 bridgehead atoms. The lowest BCUT2D eigenvalue weighted by Crippen LogP contribution is -2.56. The zero-order valence-corrected chi connectivity index (χ0v) is 12.4. The number of carbonyl (C=O) groups excluding carboxylic acids is 1. The molecule has 3 atom stereocenters. The average Bonchev–Trinajstić information content (AvgIpc) is 2.33. The van der Waals surface area contributed by atoms with E-state index in [0.29, 0.717) is 24.9 Å². The van der Waals surface area contributed by atoms with Crippen LogP contribution in [0.1, 0.15) is 59.8 Å². The molecule has 1 aliphatic rings. The largest absolute Gasteiger partial charge is 0.466 e. The summed E-state index contributed by atoms with van der Waals surface area (Å²) in [7, 11) is 0. The fourth-order valence-corrected chi connectivity index (χ4v) is 3.17. The first-order valence-corrected chi connectivity index (χ1v) is 7.46. The first-order valence-electron chi connectivity index (χ1n) is 7.46. The molecule has 0 amide bonds. The molecule has 3 heteroatoms. The highest BCUT2D eigenvalue weighted by Crippen LogP contribution is 2.40. The van der Waals surface area contributed by atoms with Crippen molar-refractivity contribution >= 4 is 5.97 Å². The predicted octanol–water partition coefficient (Wildman–Crippen LogP) is 3.13. The Morgan fingerprint density at radius 3 is 2.72 bits per heavy atom. The molecular weight excluding hydrogens is 226 g/mol. The normalized spacial score (nSPS) is 32.2. The average molecular weight is 255 g/mol. The number of hydrogen-bond acceptors (Lipinski definition) is 3. The second kappa shape index (κ2) is 7.13. The van der Waals surface area contributed by atoms with Crippen molar-refractivity contribution in [1.82, 2.24) is 5.32 Å². The van der Waals surface area contributed by atoms with Gasteiger partial charge in [-0.1, -0.05) is 33.6 Å². The van der Waals surface area contributed by atoms with Crippen molar-refractivity contribution in [2.45, 2.75) is 65.3 Å². The van der Waals surface area contributed by atoms with Gasteiger partial charge in [-0.25, -0.2) is 0 Å². The Morgan fingerprint density at radius 1 is 1.39 bits per heavy atom. The van der Waals surface area contributed by atoms with Gasteiger partial charge in [0.05, 0.1) is 13.0 Å². The molecule has 0 spiro atoms. The van der Waals surface area contributed by atoms with Gasteiger partial charge in [0, 0.05) is 5.54 Å². The van der Waals surface area contributed by atoms with E-state index in [-0.39, 0.29) is 11.5 Å². The Kier molecular flexibility index (Phi) is 6.13. The van der Waals surface area contributed by atoms with Gasteiger partial charge in [0.25, 0.3) is 0 Å². The second-order valence-electron chi connectivity index (χ2n) is 5.72. The molecule has 106 valence electrons. The zero-order valence-electron chi connectivity index (χ0n) is 12.4. The smallest absolute Gasteiger partial charge is 0.307 e. The SMILES string of the molecule is CCCNC1(CC(=O)OCC)CCCC(C)C1C. The fourth-order valence-electron chi connectivity index (χ4n) is 3.17. The van der Waals surface area contributed by atoms with E-state index in [1.165, 1.54) is 12.8 Å². The van der Waals surface area contributed by atoms with E-state index < -0.39 is 0 Å². The summed E-state index contributed by atoms with van der Waals surface area (Å²) in [6.45, 7) is 10.1. The molecule has 1 rings (SSSR count). The maximum Gasteiger partial charge on any atom is 0.307 e. The third-order valence-corrected chi connectivity index (χ3v) is 4.50. The van der Waals surface area contributed by atoms with E-state index in [2.05, 4.69) is 26.1 Å². The summed E-state index contributed by atoms with van der Waals surface area (Å²) in [5.74, 6) is 1.15. The van der Waals surface area contributed by atoms with Crippen molar-refractivity contribution in [1.29, 1.82) is 0 Å². The minimum absolute atomic E-state index is 0.0417. The Balaban J connectivity index is 2.76. The number of rotatable bonds is 6. The highest BCUT2D eigenvalue weighted by atomic mass is 16.5. The highest BCUT2D eigenvalue weighted by Gasteiger charge is 2.42. The monoisotopic (exact) mass is 255 g/mol. The maximum atomic E-state index is 11.9. The van der Waals surface area contributed by atoms with Crippen LogP contribution in [0.5, 0.6) is 0 Å². The van der Waals surface area contributed by atoms with Crippen molar-refractivity contribution in [3.05, 3.63) is 0 Å². The third-order valence-electron chi connectivity index (χ3n) is 4.50. The van der Waals surface area contributed by atoms with Crippen LogP contribution < -0.4 is 5.32 Å². The molecule has 0 aromatic heterocycles. The fraction of sp³-hybridized carbons (Fsp3) is 0.933. The van der Waals surface area contributed by atoms with Crippen molar-refractivity contribution < 1.29 is 9.53 Å². The van der Waals surface area contributed by atoms with Gasteiger partial charge in [-0.2, -0.15) is 0 Å². The van der Waals surface area contributed by atoms with Gasteiger partial charge in [-0.05, 0) is 38.1 Å². The van der Waals surface area contributed by atoms with Crippen molar-refractivity contribution in [3.63, 3.8) is 0 Å². The van der Waals surface area contributed by atoms with E-state index in [9.17, 15) is 4.79 Å². The highest BCUT2D eigenvalue weighted by molar-refractivity contribution is 5.71. The van der Waals surface area contributed by atoms with E-state index in [1.807, 2.05) is 6.92 Å². The summed E-state index contributed by atoms with van der Waals surface area (Å²) in [5.41, 5.74) is -0.0417. The van der Waals surface area contributed by atoms with E-state index in [1.54, 1.807) is 0 Å². The number of esters is 1. The number of hydrogen-bond donors (Lipinski definition) is 1. The van der Waals surface area contributed by atoms with Crippen molar-refractivity contribution in [3.8, 4) is 0 Å². The van der Waals surface area contributed by atoms with Gasteiger partial charge in [0.2, 0.25) is 0 Å². The third kappa shape index (κ3) is 3.71. The number of nitrogens with one attached hydrogen (secondary N) is 1. The predicted molar refractivity (Wildman–Crippen MR) is 74.5 cm³/mol. The molecule has 0 radical (unpaired) electrons. The quantitative estimate of drug-likeness (QED) is 0.741. The summed E-state index contributed by atoms with van der Waals surface area (Å²) < 4.78 is 5.15. The summed E-state index contributed by atoms with van der Waals surface area (Å²) in [6.07, 6.45) is 5.20. The van der Waals surface area contributed by atoms with Crippen molar-refractivity contribution in [2.75, 3.05) is 13.2 Å². The summed E-state index contributed by atoms with van der Waals surface area (Å²) in [6, 6.07) is 0. The minimum atomic E-state index is -0.0537. The van der Waals surface area contributed by atoms with Gasteiger partial charge in [-0.15, -0.1) is 0 Å². The van der Waals surface area contributed by atoms with Gasteiger partial charge in [0.1, 0.15) is 0 Å². The van der Waals surface area contributed by atoms with Crippen LogP contribution in [-0.2, 0) is 9.53 Å². The van der Waals surface area contributed by atoms with Gasteiger partial charge in [0.15, 0.2) is 0 Å². The first kappa shape index (κ1) is 15.5. The van der Waals surface area contributed by atoms with E-state index in [0.717, 1.165) is 19.4 Å². The number of ether oxygens (including phenoxy) is 1. The molecule has 0 heterocycles. The van der Waals surface area contributed by atoms with Crippen LogP contribution in [0.25, 0.3) is 0 Å². The minimum Gasteiger partial charge on any atom is -0.466 e. The van der Waals surface area contributed by atoms with Crippen LogP contribution in [-0.4, -0.2) is 24.7 Å². The van der Waals surface area contributed by atoms with Gasteiger partial charge >= 0.3 is 5.97 Å². The molecule has 1 aliphatic carbocycles. The van der Waals surface area contributed by atoms with Crippen LogP contribution in [0.2, 0.25) is 0 Å². The van der Waals surface area contributed by atoms with Crippen molar-refractivity contribution in [2.24, 2.45) is 11.8 Å². The van der Waals surface area contributed by atoms with Crippen LogP contribution in [0, 0.1) is 11.8 Å². The zero-order chi connectivity index (χ0) is 13.6. The molecule has 3 nitrogen and oxygen atoms in total. The van der Waals surface area contributed by atoms with Crippen LogP contribution in [0.15, 0.2) is 0 Å². The summed E-state index contributed by atoms with van der Waals surface area (Å²) in [4.78, 5) is 11.9. The van der Waals surface area contributed by atoms with Crippen LogP contribution >= 0.6 is 0 Å². The molecular formula is C15H29NO2. The Labute approximate surface area is 112 Å². The molecule has 18 heavy (non-hydrogen) atoms. The van der Waals surface area contributed by atoms with Crippen LogP contribution in [0.3, 0.4) is 0 Å². The molecule has 0 aromatic rings. The molecule has 3 unspecified atom stereocenters. The Morgan fingerprint density at radius 2 is 2.11 bits per heavy atom. The molecule has 0 aromatic carbocycles. The molecule has 0 saturated heterocycles. The summed E-state index contributed by atoms with van der Waals surface area (Å²) in [5, 5.41) is 3.65. The van der Waals surface area contributed by atoms with E-state index >= 15 is 0 Å². The topological polar surface area (TPSA) is 38.3 Å². The molecule has 0 aliphatic heterocycles. The maximum absolute atomic E-state index is 11.9. The lowest BCUT2D eigenvalue weighted by Gasteiger charge is -2.46. The van der Waals surface area contributed by atoms with Crippen LogP contribution in [0.4, 0.5) is 0 Å². The van der Waals surface area contributed by atoms with Gasteiger partial charge in [-0.3, -0.25) is 4.79 Å². The molecule has 1 fully saturated rings. The molecule has 1 N–H and O–H groups in total. The van der Waals surface area contributed by atoms with E-state index in [4.69, 9.17) is 4.74 Å². The second-order valence-corrected chi connectivity index (χ2v) is 5.72. The lowest BCUT2D eigenvalue weighted by molar-refractivity contribution is -0.146. The molecule has 1 saturated carbocycles. The lowest BCUT2D eigenvalue weighted by atomic mass is 9.66. The Bertz CT molecular complexity index is 267. The number of carbonyl (C=O) groups is 1. The first-order chi connectivity index (χ1) is 8.55. The van der Waals surface area contributed by atoms with Gasteiger partial charge < -0.3 is 10.1 Å². The Hall–Kier alpha value is -0.570.